The first-order chi connectivity index (χ1) is 33.6. The molecule has 2 aliphatic heterocycles. The van der Waals surface area contributed by atoms with Crippen LogP contribution in [0.5, 0.6) is 0 Å². The number of rotatable bonds is 25. The first kappa shape index (κ1) is 49.1. The summed E-state index contributed by atoms with van der Waals surface area (Å²) in [6.07, 6.45) is -7.76. The molecule has 8 rings (SSSR count). The zero-order valence-corrected chi connectivity index (χ0v) is 38.3. The summed E-state index contributed by atoms with van der Waals surface area (Å²) in [6.45, 7) is 5.73. The van der Waals surface area contributed by atoms with Crippen LogP contribution >= 0.6 is 0 Å². The van der Waals surface area contributed by atoms with Crippen LogP contribution < -0.4 is 0 Å². The molecule has 1 N–H and O–H groups in total. The zero-order valence-electron chi connectivity index (χ0n) is 38.3. The maximum Gasteiger partial charge on any atom is 0.187 e. The van der Waals surface area contributed by atoms with Gasteiger partial charge in [0.1, 0.15) is 48.8 Å². The van der Waals surface area contributed by atoms with E-state index in [4.69, 9.17) is 47.4 Å². The fraction of sp³-hybridized carbons (Fsp3) is 0.333. The van der Waals surface area contributed by atoms with Gasteiger partial charge in [-0.3, -0.25) is 0 Å². The Balaban J connectivity index is 1.15. The molecule has 0 unspecified atom stereocenters. The molecule has 0 amide bonds. The monoisotopic (exact) mass is 922 g/mol. The van der Waals surface area contributed by atoms with Gasteiger partial charge in [-0.25, -0.2) is 0 Å². The molecular formula is C57H62O11. The molecule has 68 heavy (non-hydrogen) atoms. The van der Waals surface area contributed by atoms with Crippen molar-refractivity contribution in [2.45, 2.75) is 101 Å². The average molecular weight is 923 g/mol. The Kier molecular flexibility index (Phi) is 19.0. The highest BCUT2D eigenvalue weighted by molar-refractivity contribution is 5.18. The lowest BCUT2D eigenvalue weighted by Gasteiger charge is -2.49. The third-order valence-corrected chi connectivity index (χ3v) is 11.8. The summed E-state index contributed by atoms with van der Waals surface area (Å²) >= 11 is 0. The molecule has 0 radical (unpaired) electrons. The molecule has 10 atom stereocenters. The van der Waals surface area contributed by atoms with Crippen LogP contribution in [0.3, 0.4) is 0 Å². The van der Waals surface area contributed by atoms with Crippen LogP contribution in [0.2, 0.25) is 0 Å². The Morgan fingerprint density at radius 2 is 0.721 bits per heavy atom. The van der Waals surface area contributed by atoms with Crippen molar-refractivity contribution in [1.82, 2.24) is 0 Å². The Morgan fingerprint density at radius 3 is 1.13 bits per heavy atom. The van der Waals surface area contributed by atoms with Gasteiger partial charge in [0.05, 0.1) is 59.5 Å². The van der Waals surface area contributed by atoms with E-state index in [9.17, 15) is 5.11 Å². The van der Waals surface area contributed by atoms with Gasteiger partial charge < -0.3 is 52.5 Å². The molecule has 0 bridgehead atoms. The van der Waals surface area contributed by atoms with E-state index in [0.29, 0.717) is 13.2 Å². The van der Waals surface area contributed by atoms with Crippen molar-refractivity contribution in [3.05, 3.63) is 228 Å². The van der Waals surface area contributed by atoms with E-state index in [0.717, 1.165) is 33.4 Å². The van der Waals surface area contributed by atoms with Crippen molar-refractivity contribution in [3.63, 3.8) is 0 Å². The maximum absolute atomic E-state index is 12.6. The lowest BCUT2D eigenvalue weighted by atomic mass is 9.96. The summed E-state index contributed by atoms with van der Waals surface area (Å²) in [4.78, 5) is 0. The molecule has 0 spiro atoms. The van der Waals surface area contributed by atoms with Crippen LogP contribution in [0.4, 0.5) is 0 Å². The van der Waals surface area contributed by atoms with Crippen LogP contribution in [0.25, 0.3) is 0 Å². The van der Waals surface area contributed by atoms with Gasteiger partial charge >= 0.3 is 0 Å². The molecular weight excluding hydrogens is 861 g/mol. The fourth-order valence-corrected chi connectivity index (χ4v) is 8.32. The maximum atomic E-state index is 12.6. The van der Waals surface area contributed by atoms with Gasteiger partial charge in [0.2, 0.25) is 0 Å². The van der Waals surface area contributed by atoms with Gasteiger partial charge in [-0.15, -0.1) is 6.58 Å². The van der Waals surface area contributed by atoms with E-state index >= 15 is 0 Å². The molecule has 2 fully saturated rings. The molecule has 11 heteroatoms. The van der Waals surface area contributed by atoms with Crippen LogP contribution in [-0.2, 0) is 87.0 Å². The molecule has 0 aromatic heterocycles. The number of ether oxygens (including phenoxy) is 10. The molecule has 11 nitrogen and oxygen atoms in total. The number of hydrogen-bond acceptors (Lipinski definition) is 11. The minimum absolute atomic E-state index is 0.0790. The van der Waals surface area contributed by atoms with E-state index in [1.807, 2.05) is 182 Å². The Labute approximate surface area is 400 Å². The molecule has 6 aromatic carbocycles. The predicted octanol–water partition coefficient (Wildman–Crippen LogP) is 9.16. The first-order valence-electron chi connectivity index (χ1n) is 23.3. The Morgan fingerprint density at radius 1 is 0.382 bits per heavy atom. The normalized spacial score (nSPS) is 24.9. The lowest BCUT2D eigenvalue weighted by Crippen LogP contribution is -2.66. The van der Waals surface area contributed by atoms with Gasteiger partial charge in [-0.2, -0.15) is 0 Å². The van der Waals surface area contributed by atoms with Gasteiger partial charge in [-0.05, 0) is 33.4 Å². The molecule has 2 aliphatic rings. The van der Waals surface area contributed by atoms with Crippen LogP contribution in [0.1, 0.15) is 33.4 Å². The van der Waals surface area contributed by atoms with Crippen LogP contribution in [0, 0.1) is 0 Å². The zero-order chi connectivity index (χ0) is 46.6. The SMILES string of the molecule is C=CCO[C@@H]1O[C@H](COCc2ccccc2)[C@@H](O[C@@H]2O[C@H](COCc3ccccc3)[C@H](OCc3ccccc3)[C@H](O)[C@H]2OCc2ccccc2)[C@H](OCc2ccccc2)[C@H]1OCc1ccccc1. The first-order valence-corrected chi connectivity index (χ1v) is 23.3. The highest BCUT2D eigenvalue weighted by Crippen LogP contribution is 2.36. The molecule has 0 aliphatic carbocycles. The van der Waals surface area contributed by atoms with Crippen molar-refractivity contribution < 1.29 is 52.5 Å². The van der Waals surface area contributed by atoms with E-state index in [1.54, 1.807) is 6.08 Å². The van der Waals surface area contributed by atoms with E-state index in [-0.39, 0.29) is 46.2 Å². The third-order valence-electron chi connectivity index (χ3n) is 11.8. The van der Waals surface area contributed by atoms with Crippen molar-refractivity contribution in [3.8, 4) is 0 Å². The highest BCUT2D eigenvalue weighted by Gasteiger charge is 2.54. The third kappa shape index (κ3) is 14.3. The summed E-state index contributed by atoms with van der Waals surface area (Å²) in [7, 11) is 0. The Hall–Kier alpha value is -5.38. The van der Waals surface area contributed by atoms with Crippen LogP contribution in [0.15, 0.2) is 195 Å². The molecule has 0 saturated carbocycles. The lowest BCUT2D eigenvalue weighted by molar-refractivity contribution is -0.374. The number of aliphatic hydroxyl groups excluding tert-OH is 1. The summed E-state index contributed by atoms with van der Waals surface area (Å²) in [5, 5.41) is 12.6. The number of benzene rings is 6. The van der Waals surface area contributed by atoms with Crippen LogP contribution in [-0.4, -0.2) is 86.3 Å². The van der Waals surface area contributed by atoms with Gasteiger partial charge in [-0.1, -0.05) is 188 Å². The molecule has 6 aromatic rings. The van der Waals surface area contributed by atoms with Gasteiger partial charge in [0, 0.05) is 0 Å². The van der Waals surface area contributed by atoms with E-state index < -0.39 is 61.4 Å². The van der Waals surface area contributed by atoms with Crippen molar-refractivity contribution in [2.24, 2.45) is 0 Å². The van der Waals surface area contributed by atoms with Crippen molar-refractivity contribution in [1.29, 1.82) is 0 Å². The largest absolute Gasteiger partial charge is 0.387 e. The molecule has 2 saturated heterocycles. The molecule has 2 heterocycles. The summed E-state index contributed by atoms with van der Waals surface area (Å²) in [5.41, 5.74) is 5.73. The van der Waals surface area contributed by atoms with Crippen molar-refractivity contribution in [2.75, 3.05) is 19.8 Å². The second kappa shape index (κ2) is 26.4. The Bertz CT molecular complexity index is 2290. The smallest absolute Gasteiger partial charge is 0.187 e. The molecule has 356 valence electrons. The average Bonchev–Trinajstić information content (AvgIpc) is 3.39. The standard InChI is InChI=1S/C57H62O11/c1-2-33-61-56-55(65-39-47-31-19-8-20-32-47)54(64-38-46-29-17-7-18-30-46)52(49(66-56)41-60-35-43-23-11-4-12-24-43)68-57-53(63-37-45-27-15-6-16-28-45)50(58)51(62-36-44-25-13-5-14-26-44)48(67-57)40-59-34-42-21-9-3-10-22-42/h2-32,48-58H,1,33-41H2/t48-,49-,50+,51+,52-,53-,54+,55-,56-,57+/m1/s1. The topological polar surface area (TPSA) is 113 Å². The van der Waals surface area contributed by atoms with Crippen molar-refractivity contribution >= 4 is 0 Å². The quantitative estimate of drug-likeness (QED) is 0.0555. The predicted molar refractivity (Wildman–Crippen MR) is 257 cm³/mol. The minimum atomic E-state index is -1.23. The van der Waals surface area contributed by atoms with Gasteiger partial charge in [0.15, 0.2) is 12.6 Å². The number of aliphatic hydroxyl groups is 1. The van der Waals surface area contributed by atoms with Gasteiger partial charge in [0.25, 0.3) is 0 Å². The van der Waals surface area contributed by atoms with E-state index in [1.165, 1.54) is 0 Å². The minimum Gasteiger partial charge on any atom is -0.387 e. The summed E-state index contributed by atoms with van der Waals surface area (Å²) in [6, 6.07) is 59.2. The number of hydrogen-bond donors (Lipinski definition) is 1. The summed E-state index contributed by atoms with van der Waals surface area (Å²) < 4.78 is 67.3. The van der Waals surface area contributed by atoms with E-state index in [2.05, 4.69) is 6.58 Å². The second-order valence-electron chi connectivity index (χ2n) is 16.8. The summed E-state index contributed by atoms with van der Waals surface area (Å²) in [5.74, 6) is 0. The highest BCUT2D eigenvalue weighted by atomic mass is 16.8. The fourth-order valence-electron chi connectivity index (χ4n) is 8.32. The second-order valence-corrected chi connectivity index (χ2v) is 16.8.